The van der Waals surface area contributed by atoms with Crippen molar-refractivity contribution in [3.63, 3.8) is 0 Å². The van der Waals surface area contributed by atoms with E-state index in [1.807, 2.05) is 6.07 Å². The standard InChI is InChI=1S/C18H16N4O4/c1-18(14-3-2-10-26-14)16(24)22(17(25)21-18)11-15(23)20-13-6-4-12(5-7-13)8-9-19/h2-7,10H,8,11H2,1H3,(H,20,23)(H,21,25)/t18-/m0/s1. The fourth-order valence-electron chi connectivity index (χ4n) is 2.71. The van der Waals surface area contributed by atoms with Gasteiger partial charge in [0.2, 0.25) is 5.91 Å². The molecule has 1 aliphatic heterocycles. The van der Waals surface area contributed by atoms with Crippen molar-refractivity contribution >= 4 is 23.5 Å². The summed E-state index contributed by atoms with van der Waals surface area (Å²) in [5.41, 5.74) is 0.00569. The van der Waals surface area contributed by atoms with Crippen molar-refractivity contribution in [1.82, 2.24) is 10.2 Å². The Balaban J connectivity index is 1.67. The van der Waals surface area contributed by atoms with E-state index in [0.717, 1.165) is 10.5 Å². The number of nitriles is 1. The summed E-state index contributed by atoms with van der Waals surface area (Å²) in [7, 11) is 0. The third-order valence-electron chi connectivity index (χ3n) is 4.11. The molecule has 1 aliphatic rings. The highest BCUT2D eigenvalue weighted by Gasteiger charge is 2.51. The first kappa shape index (κ1) is 17.2. The van der Waals surface area contributed by atoms with Crippen molar-refractivity contribution in [2.24, 2.45) is 0 Å². The highest BCUT2D eigenvalue weighted by molar-refractivity contribution is 6.10. The van der Waals surface area contributed by atoms with E-state index in [1.165, 1.54) is 13.2 Å². The minimum absolute atomic E-state index is 0.280. The second kappa shape index (κ2) is 6.72. The Morgan fingerprint density at radius 2 is 2.04 bits per heavy atom. The molecule has 0 unspecified atom stereocenters. The van der Waals surface area contributed by atoms with Gasteiger partial charge >= 0.3 is 6.03 Å². The predicted octanol–water partition coefficient (Wildman–Crippen LogP) is 1.75. The van der Waals surface area contributed by atoms with Crippen LogP contribution >= 0.6 is 0 Å². The topological polar surface area (TPSA) is 115 Å². The van der Waals surface area contributed by atoms with Crippen LogP contribution in [0.15, 0.2) is 47.1 Å². The number of rotatable bonds is 5. The number of anilines is 1. The normalized spacial score (nSPS) is 19.2. The number of nitrogens with zero attached hydrogens (tertiary/aromatic N) is 2. The van der Waals surface area contributed by atoms with Gasteiger partial charge in [-0.15, -0.1) is 0 Å². The number of hydrogen-bond donors (Lipinski definition) is 2. The van der Waals surface area contributed by atoms with E-state index in [4.69, 9.17) is 9.68 Å². The third-order valence-corrected chi connectivity index (χ3v) is 4.11. The first-order valence-electron chi connectivity index (χ1n) is 7.88. The average molecular weight is 352 g/mol. The molecule has 0 spiro atoms. The number of nitrogens with one attached hydrogen (secondary N) is 2. The van der Waals surface area contributed by atoms with Gasteiger partial charge in [0.1, 0.15) is 12.3 Å². The van der Waals surface area contributed by atoms with Crippen LogP contribution in [0.25, 0.3) is 0 Å². The molecule has 8 heteroatoms. The Morgan fingerprint density at radius 3 is 2.65 bits per heavy atom. The van der Waals surface area contributed by atoms with Crippen LogP contribution < -0.4 is 10.6 Å². The lowest BCUT2D eigenvalue weighted by molar-refractivity contribution is -0.134. The summed E-state index contributed by atoms with van der Waals surface area (Å²) in [5, 5.41) is 13.8. The lowest BCUT2D eigenvalue weighted by Crippen LogP contribution is -2.41. The molecule has 2 N–H and O–H groups in total. The Bertz CT molecular complexity index is 883. The van der Waals surface area contributed by atoms with Gasteiger partial charge in [0.25, 0.3) is 5.91 Å². The molecule has 1 aromatic carbocycles. The van der Waals surface area contributed by atoms with E-state index in [9.17, 15) is 14.4 Å². The Morgan fingerprint density at radius 1 is 1.31 bits per heavy atom. The van der Waals surface area contributed by atoms with Gasteiger partial charge < -0.3 is 15.1 Å². The van der Waals surface area contributed by atoms with Crippen LogP contribution in [-0.4, -0.2) is 29.3 Å². The van der Waals surface area contributed by atoms with Gasteiger partial charge in [-0.3, -0.25) is 14.5 Å². The van der Waals surface area contributed by atoms with Crippen molar-refractivity contribution in [3.8, 4) is 6.07 Å². The lowest BCUT2D eigenvalue weighted by atomic mass is 9.99. The van der Waals surface area contributed by atoms with Gasteiger partial charge in [0.15, 0.2) is 5.54 Å². The summed E-state index contributed by atoms with van der Waals surface area (Å²) in [6.07, 6.45) is 1.69. The molecule has 1 atom stereocenters. The maximum Gasteiger partial charge on any atom is 0.325 e. The summed E-state index contributed by atoms with van der Waals surface area (Å²) >= 11 is 0. The van der Waals surface area contributed by atoms with E-state index in [0.29, 0.717) is 11.4 Å². The number of carbonyl (C=O) groups excluding carboxylic acids is 3. The van der Waals surface area contributed by atoms with Crippen LogP contribution in [0.5, 0.6) is 0 Å². The number of urea groups is 1. The van der Waals surface area contributed by atoms with E-state index < -0.39 is 29.9 Å². The smallest absolute Gasteiger partial charge is 0.325 e. The fraction of sp³-hybridized carbons (Fsp3) is 0.222. The third kappa shape index (κ3) is 3.15. The van der Waals surface area contributed by atoms with Gasteiger partial charge in [0.05, 0.1) is 18.8 Å². The molecule has 1 fully saturated rings. The van der Waals surface area contributed by atoms with Gasteiger partial charge in [-0.05, 0) is 36.8 Å². The zero-order chi connectivity index (χ0) is 18.7. The molecule has 8 nitrogen and oxygen atoms in total. The van der Waals surface area contributed by atoms with Crippen LogP contribution in [0.3, 0.4) is 0 Å². The van der Waals surface area contributed by atoms with Crippen molar-refractivity contribution in [2.45, 2.75) is 18.9 Å². The van der Waals surface area contributed by atoms with Crippen LogP contribution in [0.2, 0.25) is 0 Å². The minimum Gasteiger partial charge on any atom is -0.466 e. The van der Waals surface area contributed by atoms with Gasteiger partial charge in [0, 0.05) is 5.69 Å². The Kier molecular flexibility index (Phi) is 4.45. The summed E-state index contributed by atoms with van der Waals surface area (Å²) in [4.78, 5) is 37.8. The second-order valence-corrected chi connectivity index (χ2v) is 6.00. The first-order chi connectivity index (χ1) is 12.4. The minimum atomic E-state index is -1.33. The fourth-order valence-corrected chi connectivity index (χ4v) is 2.71. The number of imide groups is 1. The quantitative estimate of drug-likeness (QED) is 0.796. The molecule has 4 amide bonds. The first-order valence-corrected chi connectivity index (χ1v) is 7.88. The molecule has 1 saturated heterocycles. The van der Waals surface area contributed by atoms with Gasteiger partial charge in [-0.1, -0.05) is 12.1 Å². The van der Waals surface area contributed by atoms with Crippen LogP contribution in [0.4, 0.5) is 10.5 Å². The average Bonchev–Trinajstić information content (AvgIpc) is 3.22. The van der Waals surface area contributed by atoms with Gasteiger partial charge in [-0.25, -0.2) is 4.79 Å². The number of carbonyl (C=O) groups is 3. The molecular weight excluding hydrogens is 336 g/mol. The number of hydrogen-bond acceptors (Lipinski definition) is 5. The Labute approximate surface area is 149 Å². The number of furan rings is 1. The van der Waals surface area contributed by atoms with Crippen LogP contribution in [0, 0.1) is 11.3 Å². The van der Waals surface area contributed by atoms with E-state index in [2.05, 4.69) is 10.6 Å². The molecule has 132 valence electrons. The largest absolute Gasteiger partial charge is 0.466 e. The maximum atomic E-state index is 12.6. The molecule has 26 heavy (non-hydrogen) atoms. The summed E-state index contributed by atoms with van der Waals surface area (Å²) < 4.78 is 5.23. The number of benzene rings is 1. The highest BCUT2D eigenvalue weighted by Crippen LogP contribution is 2.28. The van der Waals surface area contributed by atoms with Crippen molar-refractivity contribution in [3.05, 3.63) is 54.0 Å². The molecule has 3 rings (SSSR count). The molecule has 1 aromatic heterocycles. The summed E-state index contributed by atoms with van der Waals surface area (Å²) in [5.74, 6) is -0.769. The van der Waals surface area contributed by atoms with Crippen LogP contribution in [0.1, 0.15) is 18.2 Å². The Hall–Kier alpha value is -3.60. The lowest BCUT2D eigenvalue weighted by Gasteiger charge is -2.18. The number of amides is 4. The second-order valence-electron chi connectivity index (χ2n) is 6.00. The zero-order valence-electron chi connectivity index (χ0n) is 14.0. The van der Waals surface area contributed by atoms with E-state index in [1.54, 1.807) is 36.4 Å². The maximum absolute atomic E-state index is 12.6. The molecule has 0 bridgehead atoms. The summed E-state index contributed by atoms with van der Waals surface area (Å²) in [6.45, 7) is 1.11. The monoisotopic (exact) mass is 352 g/mol. The van der Waals surface area contributed by atoms with Crippen molar-refractivity contribution < 1.29 is 18.8 Å². The molecular formula is C18H16N4O4. The SMILES string of the molecule is C[C@@]1(c2ccco2)NC(=O)N(CC(=O)Nc2ccc(CC#N)cc2)C1=O. The zero-order valence-corrected chi connectivity index (χ0v) is 14.0. The van der Waals surface area contributed by atoms with Crippen molar-refractivity contribution in [1.29, 1.82) is 5.26 Å². The molecule has 0 saturated carbocycles. The predicted molar refractivity (Wildman–Crippen MR) is 90.7 cm³/mol. The van der Waals surface area contributed by atoms with E-state index >= 15 is 0 Å². The van der Waals surface area contributed by atoms with Crippen molar-refractivity contribution in [2.75, 3.05) is 11.9 Å². The molecule has 2 heterocycles. The van der Waals surface area contributed by atoms with E-state index in [-0.39, 0.29) is 6.42 Å². The van der Waals surface area contributed by atoms with Gasteiger partial charge in [-0.2, -0.15) is 5.26 Å². The molecule has 2 aromatic rings. The highest BCUT2D eigenvalue weighted by atomic mass is 16.3. The molecule has 0 aliphatic carbocycles. The summed E-state index contributed by atoms with van der Waals surface area (Å²) in [6, 6.07) is 11.3. The van der Waals surface area contributed by atoms with Crippen LogP contribution in [-0.2, 0) is 21.5 Å². The molecule has 0 radical (unpaired) electrons.